The fourth-order valence-electron chi connectivity index (χ4n) is 2.33. The number of carbonyl (C=O) groups is 1. The number of pyridine rings is 1. The number of benzene rings is 1. The van der Waals surface area contributed by atoms with Gasteiger partial charge in [0.15, 0.2) is 0 Å². The first-order valence-electron chi connectivity index (χ1n) is 8.18. The van der Waals surface area contributed by atoms with Crippen molar-refractivity contribution in [3.63, 3.8) is 0 Å². The summed E-state index contributed by atoms with van der Waals surface area (Å²) in [6.07, 6.45) is 7.23. The highest BCUT2D eigenvalue weighted by atomic mass is 16.5. The van der Waals surface area contributed by atoms with Gasteiger partial charge in [-0.25, -0.2) is 4.79 Å². The number of rotatable bonds is 9. The molecule has 1 aromatic heterocycles. The number of nitrogens with zero attached hydrogens (tertiary/aromatic N) is 1. The van der Waals surface area contributed by atoms with Gasteiger partial charge in [-0.2, -0.15) is 0 Å². The van der Waals surface area contributed by atoms with Crippen LogP contribution in [0.4, 0.5) is 0 Å². The summed E-state index contributed by atoms with van der Waals surface area (Å²) in [5.74, 6) is 0.273. The number of aromatic nitrogens is 1. The standard InChI is InChI=1S/C19H24N2O2/c1-2-3-7-12-21-18(15-16-8-5-4-6-9-16)19(22)23-17-10-13-20-14-11-17/h4-6,8-11,13-14,18,21H,2-3,7,12,15H2,1H3/t18-/m0/s1. The van der Waals surface area contributed by atoms with E-state index in [1.165, 1.54) is 0 Å². The Kier molecular flexibility index (Phi) is 7.27. The monoisotopic (exact) mass is 312 g/mol. The quantitative estimate of drug-likeness (QED) is 0.570. The SMILES string of the molecule is CCCCCN[C@@H](Cc1ccccc1)C(=O)Oc1ccncc1. The smallest absolute Gasteiger partial charge is 0.328 e. The van der Waals surface area contributed by atoms with Crippen molar-refractivity contribution in [2.75, 3.05) is 6.54 Å². The molecule has 4 nitrogen and oxygen atoms in total. The molecule has 0 fully saturated rings. The van der Waals surface area contributed by atoms with E-state index < -0.39 is 0 Å². The van der Waals surface area contributed by atoms with Crippen LogP contribution in [0.2, 0.25) is 0 Å². The number of unbranched alkanes of at least 4 members (excludes halogenated alkanes) is 2. The van der Waals surface area contributed by atoms with Crippen molar-refractivity contribution in [3.8, 4) is 5.75 Å². The average Bonchev–Trinajstić information content (AvgIpc) is 2.59. The van der Waals surface area contributed by atoms with Gasteiger partial charge in [-0.15, -0.1) is 0 Å². The highest BCUT2D eigenvalue weighted by Gasteiger charge is 2.20. The third kappa shape index (κ3) is 6.20. The van der Waals surface area contributed by atoms with E-state index in [0.29, 0.717) is 12.2 Å². The van der Waals surface area contributed by atoms with Crippen LogP contribution in [0, 0.1) is 0 Å². The van der Waals surface area contributed by atoms with Crippen LogP contribution < -0.4 is 10.1 Å². The fourth-order valence-corrected chi connectivity index (χ4v) is 2.33. The van der Waals surface area contributed by atoms with Gasteiger partial charge in [-0.3, -0.25) is 4.98 Å². The van der Waals surface area contributed by atoms with Gasteiger partial charge in [0.2, 0.25) is 0 Å². The zero-order valence-electron chi connectivity index (χ0n) is 13.6. The number of ether oxygens (including phenoxy) is 1. The number of hydrogen-bond donors (Lipinski definition) is 1. The van der Waals surface area contributed by atoms with Crippen molar-refractivity contribution in [2.45, 2.75) is 38.6 Å². The minimum atomic E-state index is -0.345. The summed E-state index contributed by atoms with van der Waals surface area (Å²) in [5.41, 5.74) is 1.12. The van der Waals surface area contributed by atoms with Crippen molar-refractivity contribution < 1.29 is 9.53 Å². The largest absolute Gasteiger partial charge is 0.425 e. The number of esters is 1. The summed E-state index contributed by atoms with van der Waals surface area (Å²) in [6, 6.07) is 13.0. The molecule has 0 amide bonds. The lowest BCUT2D eigenvalue weighted by Gasteiger charge is -2.17. The molecule has 122 valence electrons. The molecule has 0 spiro atoms. The van der Waals surface area contributed by atoms with Crippen molar-refractivity contribution >= 4 is 5.97 Å². The highest BCUT2D eigenvalue weighted by Crippen LogP contribution is 2.10. The molecule has 4 heteroatoms. The van der Waals surface area contributed by atoms with Gasteiger partial charge in [0, 0.05) is 12.4 Å². The van der Waals surface area contributed by atoms with Crippen LogP contribution in [0.15, 0.2) is 54.9 Å². The Morgan fingerprint density at radius 3 is 2.57 bits per heavy atom. The predicted octanol–water partition coefficient (Wildman–Crippen LogP) is 3.38. The molecule has 0 bridgehead atoms. The topological polar surface area (TPSA) is 51.2 Å². The summed E-state index contributed by atoms with van der Waals surface area (Å²) < 4.78 is 5.46. The maximum atomic E-state index is 12.5. The third-order valence-corrected chi connectivity index (χ3v) is 3.61. The van der Waals surface area contributed by atoms with Gasteiger partial charge in [0.25, 0.3) is 0 Å². The molecule has 0 aliphatic heterocycles. The predicted molar refractivity (Wildman–Crippen MR) is 91.3 cm³/mol. The highest BCUT2D eigenvalue weighted by molar-refractivity contribution is 5.78. The van der Waals surface area contributed by atoms with E-state index in [-0.39, 0.29) is 12.0 Å². The van der Waals surface area contributed by atoms with Crippen molar-refractivity contribution in [2.24, 2.45) is 0 Å². The van der Waals surface area contributed by atoms with Crippen LogP contribution >= 0.6 is 0 Å². The minimum Gasteiger partial charge on any atom is -0.425 e. The molecular weight excluding hydrogens is 288 g/mol. The van der Waals surface area contributed by atoms with E-state index in [2.05, 4.69) is 17.2 Å². The lowest BCUT2D eigenvalue weighted by atomic mass is 10.1. The van der Waals surface area contributed by atoms with E-state index in [0.717, 1.165) is 31.4 Å². The molecule has 1 aromatic carbocycles. The summed E-state index contributed by atoms with van der Waals surface area (Å²) in [6.45, 7) is 2.98. The number of hydrogen-bond acceptors (Lipinski definition) is 4. The lowest BCUT2D eigenvalue weighted by molar-refractivity contribution is -0.136. The van der Waals surface area contributed by atoms with Crippen molar-refractivity contribution in [1.29, 1.82) is 0 Å². The summed E-state index contributed by atoms with van der Waals surface area (Å²) in [5, 5.41) is 3.33. The zero-order chi connectivity index (χ0) is 16.3. The van der Waals surface area contributed by atoms with Gasteiger partial charge in [-0.05, 0) is 37.1 Å². The summed E-state index contributed by atoms with van der Waals surface area (Å²) in [4.78, 5) is 16.4. The molecule has 2 aromatic rings. The van der Waals surface area contributed by atoms with E-state index in [1.807, 2.05) is 30.3 Å². The van der Waals surface area contributed by atoms with Crippen molar-refractivity contribution in [3.05, 3.63) is 60.4 Å². The Morgan fingerprint density at radius 2 is 1.87 bits per heavy atom. The Balaban J connectivity index is 1.98. The molecule has 1 atom stereocenters. The van der Waals surface area contributed by atoms with Crippen LogP contribution in [0.5, 0.6) is 5.75 Å². The molecule has 0 unspecified atom stereocenters. The van der Waals surface area contributed by atoms with Crippen LogP contribution in [-0.2, 0) is 11.2 Å². The molecule has 1 heterocycles. The van der Waals surface area contributed by atoms with Crippen LogP contribution in [0.25, 0.3) is 0 Å². The second kappa shape index (κ2) is 9.74. The molecule has 0 saturated heterocycles. The molecule has 23 heavy (non-hydrogen) atoms. The van der Waals surface area contributed by atoms with Crippen LogP contribution in [-0.4, -0.2) is 23.5 Å². The van der Waals surface area contributed by atoms with E-state index in [4.69, 9.17) is 4.74 Å². The Morgan fingerprint density at radius 1 is 1.13 bits per heavy atom. The third-order valence-electron chi connectivity index (χ3n) is 3.61. The molecule has 0 saturated carbocycles. The van der Waals surface area contributed by atoms with E-state index >= 15 is 0 Å². The van der Waals surface area contributed by atoms with E-state index in [9.17, 15) is 4.79 Å². The lowest BCUT2D eigenvalue weighted by Crippen LogP contribution is -2.41. The summed E-state index contributed by atoms with van der Waals surface area (Å²) >= 11 is 0. The molecular formula is C19H24N2O2. The van der Waals surface area contributed by atoms with Crippen LogP contribution in [0.1, 0.15) is 31.7 Å². The van der Waals surface area contributed by atoms with Gasteiger partial charge in [-0.1, -0.05) is 50.1 Å². The molecule has 1 N–H and O–H groups in total. The Labute approximate surface area is 137 Å². The first-order chi connectivity index (χ1) is 11.3. The molecule has 2 rings (SSSR count). The number of carbonyl (C=O) groups excluding carboxylic acids is 1. The van der Waals surface area contributed by atoms with Gasteiger partial charge < -0.3 is 10.1 Å². The average molecular weight is 312 g/mol. The Bertz CT molecular complexity index is 572. The zero-order valence-corrected chi connectivity index (χ0v) is 13.6. The normalized spacial score (nSPS) is 11.9. The molecule has 0 radical (unpaired) electrons. The first-order valence-corrected chi connectivity index (χ1v) is 8.18. The molecule has 0 aliphatic rings. The maximum Gasteiger partial charge on any atom is 0.328 e. The van der Waals surface area contributed by atoms with Crippen LogP contribution in [0.3, 0.4) is 0 Å². The second-order valence-corrected chi connectivity index (χ2v) is 5.51. The second-order valence-electron chi connectivity index (χ2n) is 5.51. The molecule has 0 aliphatic carbocycles. The Hall–Kier alpha value is -2.20. The van der Waals surface area contributed by atoms with Gasteiger partial charge >= 0.3 is 5.97 Å². The number of nitrogens with one attached hydrogen (secondary N) is 1. The maximum absolute atomic E-state index is 12.5. The first kappa shape index (κ1) is 17.2. The van der Waals surface area contributed by atoms with Crippen molar-refractivity contribution in [1.82, 2.24) is 10.3 Å². The van der Waals surface area contributed by atoms with Gasteiger partial charge in [0.1, 0.15) is 11.8 Å². The van der Waals surface area contributed by atoms with E-state index in [1.54, 1.807) is 24.5 Å². The van der Waals surface area contributed by atoms with Gasteiger partial charge in [0.05, 0.1) is 0 Å². The fraction of sp³-hybridized carbons (Fsp3) is 0.368. The summed E-state index contributed by atoms with van der Waals surface area (Å²) in [7, 11) is 0. The minimum absolute atomic E-state index is 0.253.